The van der Waals surface area contributed by atoms with Gasteiger partial charge in [-0.2, -0.15) is 0 Å². The monoisotopic (exact) mass is 284 g/mol. The molecule has 0 fully saturated rings. The van der Waals surface area contributed by atoms with Crippen LogP contribution in [0, 0.1) is 3.57 Å². The molecule has 3 nitrogen and oxygen atoms in total. The minimum absolute atomic E-state index is 0.434. The Labute approximate surface area is 83.3 Å². The summed E-state index contributed by atoms with van der Waals surface area (Å²) in [5.74, 6) is 0.549. The summed E-state index contributed by atoms with van der Waals surface area (Å²) < 4.78 is 5.93. The second-order valence-electron chi connectivity index (χ2n) is 1.72. The van der Waals surface area contributed by atoms with E-state index < -0.39 is 0 Å². The largest absolute Gasteiger partial charge is 0.477 e. The molecular weight excluding hydrogens is 278 g/mol. The molecule has 0 bridgehead atoms. The molecule has 1 heterocycles. The predicted octanol–water partition coefficient (Wildman–Crippen LogP) is 2.13. The van der Waals surface area contributed by atoms with Crippen LogP contribution < -0.4 is 4.74 Å². The van der Waals surface area contributed by atoms with Crippen molar-refractivity contribution in [3.8, 4) is 5.88 Å². The fourth-order valence-electron chi connectivity index (χ4n) is 0.571. The first-order valence-corrected chi connectivity index (χ1v) is 4.50. The molecule has 0 radical (unpaired) electrons. The molecular formula is C6H6ClIN2O. The molecule has 0 amide bonds. The highest BCUT2D eigenvalue weighted by Gasteiger charge is 2.05. The first-order chi connectivity index (χ1) is 5.25. The highest BCUT2D eigenvalue weighted by molar-refractivity contribution is 14.1. The van der Waals surface area contributed by atoms with Crippen LogP contribution in [0.25, 0.3) is 0 Å². The quantitative estimate of drug-likeness (QED) is 0.616. The molecule has 0 aromatic carbocycles. The smallest absolute Gasteiger partial charge is 0.231 e. The van der Waals surface area contributed by atoms with Crippen LogP contribution in [0.3, 0.4) is 0 Å². The second kappa shape index (κ2) is 4.06. The lowest BCUT2D eigenvalue weighted by atomic mass is 10.6. The van der Waals surface area contributed by atoms with Gasteiger partial charge in [0.05, 0.1) is 6.61 Å². The highest BCUT2D eigenvalue weighted by Crippen LogP contribution is 2.22. The number of aromatic nitrogens is 2. The van der Waals surface area contributed by atoms with Gasteiger partial charge >= 0.3 is 0 Å². The summed E-state index contributed by atoms with van der Waals surface area (Å²) >= 11 is 7.76. The van der Waals surface area contributed by atoms with Crippen molar-refractivity contribution >= 4 is 34.2 Å². The van der Waals surface area contributed by atoms with Gasteiger partial charge in [0.25, 0.3) is 0 Å². The van der Waals surface area contributed by atoms with E-state index in [-0.39, 0.29) is 0 Å². The predicted molar refractivity (Wildman–Crippen MR) is 50.9 cm³/mol. The van der Waals surface area contributed by atoms with Gasteiger partial charge in [0, 0.05) is 0 Å². The average molecular weight is 284 g/mol. The Hall–Kier alpha value is -0.100. The van der Waals surface area contributed by atoms with Crippen molar-refractivity contribution in [3.05, 3.63) is 15.1 Å². The number of rotatable bonds is 2. The molecule has 0 aliphatic rings. The summed E-state index contributed by atoms with van der Waals surface area (Å²) in [5, 5.41) is 0.434. The third-order valence-corrected chi connectivity index (χ3v) is 2.57. The van der Waals surface area contributed by atoms with Crippen molar-refractivity contribution in [1.82, 2.24) is 9.97 Å². The maximum Gasteiger partial charge on any atom is 0.231 e. The first-order valence-electron chi connectivity index (χ1n) is 3.04. The van der Waals surface area contributed by atoms with Crippen LogP contribution >= 0.6 is 34.2 Å². The van der Waals surface area contributed by atoms with Crippen LogP contribution in [-0.2, 0) is 0 Å². The molecule has 5 heteroatoms. The van der Waals surface area contributed by atoms with E-state index in [4.69, 9.17) is 16.3 Å². The van der Waals surface area contributed by atoms with E-state index in [1.54, 1.807) is 0 Å². The van der Waals surface area contributed by atoms with Crippen molar-refractivity contribution in [2.45, 2.75) is 6.92 Å². The molecule has 0 aliphatic heterocycles. The lowest BCUT2D eigenvalue weighted by Gasteiger charge is -2.03. The van der Waals surface area contributed by atoms with E-state index in [0.29, 0.717) is 17.6 Å². The molecule has 1 rings (SSSR count). The van der Waals surface area contributed by atoms with Crippen LogP contribution in [0.4, 0.5) is 0 Å². The topological polar surface area (TPSA) is 35.0 Å². The zero-order valence-corrected chi connectivity index (χ0v) is 8.76. The van der Waals surface area contributed by atoms with Crippen molar-refractivity contribution in [2.24, 2.45) is 0 Å². The van der Waals surface area contributed by atoms with E-state index >= 15 is 0 Å². The van der Waals surface area contributed by atoms with E-state index in [9.17, 15) is 0 Å². The Kier molecular flexibility index (Phi) is 3.32. The van der Waals surface area contributed by atoms with E-state index in [1.807, 2.05) is 29.5 Å². The SMILES string of the molecule is CCOc1ncnc(Cl)c1I. The Morgan fingerprint density at radius 3 is 3.00 bits per heavy atom. The number of hydrogen-bond donors (Lipinski definition) is 0. The molecule has 1 aromatic heterocycles. The lowest BCUT2D eigenvalue weighted by molar-refractivity contribution is 0.323. The van der Waals surface area contributed by atoms with E-state index in [0.717, 1.165) is 3.57 Å². The maximum atomic E-state index is 5.71. The standard InChI is InChI=1S/C6H6ClIN2O/c1-2-11-6-4(8)5(7)9-3-10-6/h3H,2H2,1H3. The normalized spacial score (nSPS) is 9.73. The van der Waals surface area contributed by atoms with Crippen LogP contribution in [0.1, 0.15) is 6.92 Å². The molecule has 0 unspecified atom stereocenters. The lowest BCUT2D eigenvalue weighted by Crippen LogP contribution is -1.97. The van der Waals surface area contributed by atoms with Crippen molar-refractivity contribution in [2.75, 3.05) is 6.61 Å². The highest BCUT2D eigenvalue weighted by atomic mass is 127. The Balaban J connectivity index is 2.96. The third-order valence-electron chi connectivity index (χ3n) is 0.996. The van der Waals surface area contributed by atoms with Gasteiger partial charge in [-0.05, 0) is 29.5 Å². The summed E-state index contributed by atoms with van der Waals surface area (Å²) in [4.78, 5) is 7.69. The maximum absolute atomic E-state index is 5.71. The first kappa shape index (κ1) is 8.99. The summed E-state index contributed by atoms with van der Waals surface area (Å²) in [6, 6.07) is 0. The second-order valence-corrected chi connectivity index (χ2v) is 3.15. The van der Waals surface area contributed by atoms with Crippen molar-refractivity contribution in [3.63, 3.8) is 0 Å². The summed E-state index contributed by atoms with van der Waals surface area (Å²) in [5.41, 5.74) is 0. The summed E-state index contributed by atoms with van der Waals surface area (Å²) in [6.45, 7) is 2.48. The van der Waals surface area contributed by atoms with Crippen molar-refractivity contribution < 1.29 is 4.74 Å². The Bertz CT molecular complexity index is 256. The van der Waals surface area contributed by atoms with Gasteiger partial charge in [-0.25, -0.2) is 9.97 Å². The van der Waals surface area contributed by atoms with Crippen LogP contribution in [0.15, 0.2) is 6.33 Å². The molecule has 0 N–H and O–H groups in total. The van der Waals surface area contributed by atoms with Gasteiger partial charge in [-0.1, -0.05) is 11.6 Å². The minimum atomic E-state index is 0.434. The number of hydrogen-bond acceptors (Lipinski definition) is 3. The van der Waals surface area contributed by atoms with Crippen LogP contribution in [0.5, 0.6) is 5.88 Å². The van der Waals surface area contributed by atoms with Gasteiger partial charge in [0.1, 0.15) is 15.1 Å². The number of ether oxygens (including phenoxy) is 1. The summed E-state index contributed by atoms with van der Waals surface area (Å²) in [7, 11) is 0. The molecule has 0 atom stereocenters. The zero-order valence-electron chi connectivity index (χ0n) is 5.84. The summed E-state index contributed by atoms with van der Waals surface area (Å²) in [6.07, 6.45) is 1.38. The Morgan fingerprint density at radius 2 is 2.36 bits per heavy atom. The Morgan fingerprint density at radius 1 is 1.64 bits per heavy atom. The van der Waals surface area contributed by atoms with Gasteiger partial charge in [-0.3, -0.25) is 0 Å². The molecule has 0 saturated carbocycles. The molecule has 11 heavy (non-hydrogen) atoms. The van der Waals surface area contributed by atoms with Gasteiger partial charge in [0.15, 0.2) is 0 Å². The molecule has 0 spiro atoms. The third kappa shape index (κ3) is 2.16. The van der Waals surface area contributed by atoms with Gasteiger partial charge < -0.3 is 4.74 Å². The molecule has 60 valence electrons. The number of nitrogens with zero attached hydrogens (tertiary/aromatic N) is 2. The fraction of sp³-hybridized carbons (Fsp3) is 0.333. The van der Waals surface area contributed by atoms with Gasteiger partial charge in [-0.15, -0.1) is 0 Å². The fourth-order valence-corrected chi connectivity index (χ4v) is 1.13. The number of halogens is 2. The van der Waals surface area contributed by atoms with E-state index in [2.05, 4.69) is 9.97 Å². The van der Waals surface area contributed by atoms with Crippen LogP contribution in [-0.4, -0.2) is 16.6 Å². The zero-order chi connectivity index (χ0) is 8.27. The minimum Gasteiger partial charge on any atom is -0.477 e. The molecule has 0 aliphatic carbocycles. The van der Waals surface area contributed by atoms with Crippen LogP contribution in [0.2, 0.25) is 5.15 Å². The van der Waals surface area contributed by atoms with E-state index in [1.165, 1.54) is 6.33 Å². The average Bonchev–Trinajstić information content (AvgIpc) is 1.99. The van der Waals surface area contributed by atoms with Gasteiger partial charge in [0.2, 0.25) is 5.88 Å². The molecule has 1 aromatic rings. The molecule has 0 saturated heterocycles. The van der Waals surface area contributed by atoms with Crippen molar-refractivity contribution in [1.29, 1.82) is 0 Å².